The van der Waals surface area contributed by atoms with Crippen molar-refractivity contribution in [2.45, 2.75) is 52.1 Å². The standard InChI is InChI=1S/C22H30N2O4/c1-6-15-11-12-24(21(25)28-22(2,3)4)14-18(15)20-23-13-19(27-20)16-7-9-17(26-5)10-8-16/h7-10,13,15,18H,6,11-12,14H2,1-5H3. The number of hydrogen-bond donors (Lipinski definition) is 0. The summed E-state index contributed by atoms with van der Waals surface area (Å²) < 4.78 is 16.9. The van der Waals surface area contributed by atoms with Crippen molar-refractivity contribution in [1.82, 2.24) is 9.88 Å². The molecule has 0 bridgehead atoms. The van der Waals surface area contributed by atoms with Gasteiger partial charge in [0, 0.05) is 18.7 Å². The van der Waals surface area contributed by atoms with Crippen LogP contribution in [0, 0.1) is 5.92 Å². The zero-order chi connectivity index (χ0) is 20.3. The molecule has 3 rings (SSSR count). The quantitative estimate of drug-likeness (QED) is 0.731. The van der Waals surface area contributed by atoms with Gasteiger partial charge >= 0.3 is 6.09 Å². The number of piperidine rings is 1. The van der Waals surface area contributed by atoms with E-state index >= 15 is 0 Å². The van der Waals surface area contributed by atoms with E-state index in [4.69, 9.17) is 13.9 Å². The Kier molecular flexibility index (Phi) is 5.96. The Morgan fingerprint density at radius 3 is 2.61 bits per heavy atom. The smallest absolute Gasteiger partial charge is 0.410 e. The number of benzene rings is 1. The molecule has 1 aliphatic rings. The normalized spacial score (nSPS) is 20.1. The van der Waals surface area contributed by atoms with E-state index in [-0.39, 0.29) is 12.0 Å². The summed E-state index contributed by atoms with van der Waals surface area (Å²) in [4.78, 5) is 18.8. The van der Waals surface area contributed by atoms with Gasteiger partial charge in [-0.3, -0.25) is 0 Å². The van der Waals surface area contributed by atoms with Crippen LogP contribution in [-0.4, -0.2) is 41.8 Å². The second kappa shape index (κ2) is 8.25. The first kappa shape index (κ1) is 20.2. The van der Waals surface area contributed by atoms with Crippen molar-refractivity contribution < 1.29 is 18.7 Å². The highest BCUT2D eigenvalue weighted by atomic mass is 16.6. The second-order valence-electron chi connectivity index (χ2n) is 8.28. The van der Waals surface area contributed by atoms with E-state index in [2.05, 4.69) is 11.9 Å². The molecule has 2 aromatic rings. The number of methoxy groups -OCH3 is 1. The summed E-state index contributed by atoms with van der Waals surface area (Å²) in [5.74, 6) is 2.71. The van der Waals surface area contributed by atoms with E-state index in [9.17, 15) is 4.79 Å². The number of rotatable bonds is 4. The molecule has 1 amide bonds. The van der Waals surface area contributed by atoms with E-state index in [1.165, 1.54) is 0 Å². The summed E-state index contributed by atoms with van der Waals surface area (Å²) in [6, 6.07) is 7.71. The number of hydrogen-bond acceptors (Lipinski definition) is 5. The number of likely N-dealkylation sites (tertiary alicyclic amines) is 1. The minimum absolute atomic E-state index is 0.0678. The largest absolute Gasteiger partial charge is 0.497 e. The average molecular weight is 386 g/mol. The molecule has 0 spiro atoms. The molecule has 0 saturated carbocycles. The lowest BCUT2D eigenvalue weighted by molar-refractivity contribution is 0.0142. The van der Waals surface area contributed by atoms with E-state index in [0.717, 1.165) is 29.9 Å². The number of nitrogens with zero attached hydrogens (tertiary/aromatic N) is 2. The third kappa shape index (κ3) is 4.66. The van der Waals surface area contributed by atoms with E-state index in [1.54, 1.807) is 18.2 Å². The molecule has 6 nitrogen and oxygen atoms in total. The maximum atomic E-state index is 12.5. The summed E-state index contributed by atoms with van der Waals surface area (Å²) >= 11 is 0. The van der Waals surface area contributed by atoms with Gasteiger partial charge in [-0.05, 0) is 57.4 Å². The van der Waals surface area contributed by atoms with E-state index in [1.807, 2.05) is 45.0 Å². The number of oxazole rings is 1. The van der Waals surface area contributed by atoms with Crippen LogP contribution in [0.4, 0.5) is 4.79 Å². The predicted octanol–water partition coefficient (Wildman–Crippen LogP) is 5.10. The fourth-order valence-corrected chi connectivity index (χ4v) is 3.61. The fraction of sp³-hybridized carbons (Fsp3) is 0.545. The summed E-state index contributed by atoms with van der Waals surface area (Å²) in [6.07, 6.45) is 3.43. The summed E-state index contributed by atoms with van der Waals surface area (Å²) in [5, 5.41) is 0. The van der Waals surface area contributed by atoms with Gasteiger partial charge in [-0.1, -0.05) is 13.3 Å². The average Bonchev–Trinajstić information content (AvgIpc) is 3.16. The Balaban J connectivity index is 1.77. The van der Waals surface area contributed by atoms with Crippen molar-refractivity contribution in [3.05, 3.63) is 36.4 Å². The molecule has 1 fully saturated rings. The SMILES string of the molecule is CCC1CCN(C(=O)OC(C)(C)C)CC1c1ncc(-c2ccc(OC)cc2)o1. The van der Waals surface area contributed by atoms with Gasteiger partial charge in [0.25, 0.3) is 0 Å². The van der Waals surface area contributed by atoms with Gasteiger partial charge in [0.05, 0.1) is 19.2 Å². The Morgan fingerprint density at radius 1 is 1.29 bits per heavy atom. The van der Waals surface area contributed by atoms with Gasteiger partial charge in [0.2, 0.25) is 0 Å². The second-order valence-corrected chi connectivity index (χ2v) is 8.28. The zero-order valence-corrected chi connectivity index (χ0v) is 17.4. The van der Waals surface area contributed by atoms with Crippen LogP contribution in [0.3, 0.4) is 0 Å². The van der Waals surface area contributed by atoms with E-state index < -0.39 is 5.60 Å². The van der Waals surface area contributed by atoms with Crippen molar-refractivity contribution >= 4 is 6.09 Å². The molecule has 1 aliphatic heterocycles. The van der Waals surface area contributed by atoms with Crippen molar-refractivity contribution in [3.63, 3.8) is 0 Å². The summed E-state index contributed by atoms with van der Waals surface area (Å²) in [6.45, 7) is 9.10. The number of carbonyl (C=O) groups excluding carboxylic acids is 1. The molecule has 6 heteroatoms. The molecule has 152 valence electrons. The van der Waals surface area contributed by atoms with Crippen LogP contribution >= 0.6 is 0 Å². The zero-order valence-electron chi connectivity index (χ0n) is 17.4. The lowest BCUT2D eigenvalue weighted by atomic mass is 9.83. The van der Waals surface area contributed by atoms with Gasteiger partial charge in [-0.2, -0.15) is 0 Å². The Labute approximate surface area is 166 Å². The Hall–Kier alpha value is -2.50. The van der Waals surface area contributed by atoms with Crippen LogP contribution in [0.25, 0.3) is 11.3 Å². The Morgan fingerprint density at radius 2 is 2.00 bits per heavy atom. The number of aromatic nitrogens is 1. The van der Waals surface area contributed by atoms with Gasteiger partial charge in [-0.15, -0.1) is 0 Å². The van der Waals surface area contributed by atoms with Crippen LogP contribution in [0.2, 0.25) is 0 Å². The highest BCUT2D eigenvalue weighted by Crippen LogP contribution is 2.36. The molecular weight excluding hydrogens is 356 g/mol. The number of amides is 1. The molecular formula is C22H30N2O4. The maximum absolute atomic E-state index is 12.5. The molecule has 28 heavy (non-hydrogen) atoms. The van der Waals surface area contributed by atoms with Gasteiger partial charge in [0.1, 0.15) is 11.4 Å². The number of carbonyl (C=O) groups is 1. The van der Waals surface area contributed by atoms with Crippen LogP contribution in [0.5, 0.6) is 5.75 Å². The van der Waals surface area contributed by atoms with Crippen LogP contribution in [0.15, 0.2) is 34.9 Å². The van der Waals surface area contributed by atoms with Crippen molar-refractivity contribution in [2.24, 2.45) is 5.92 Å². The third-order valence-electron chi connectivity index (χ3n) is 5.15. The molecule has 2 heterocycles. The minimum Gasteiger partial charge on any atom is -0.497 e. The first-order chi connectivity index (χ1) is 13.3. The first-order valence-electron chi connectivity index (χ1n) is 9.88. The molecule has 0 radical (unpaired) electrons. The molecule has 0 N–H and O–H groups in total. The molecule has 2 unspecified atom stereocenters. The lowest BCUT2D eigenvalue weighted by Crippen LogP contribution is -2.45. The van der Waals surface area contributed by atoms with Crippen LogP contribution in [-0.2, 0) is 4.74 Å². The fourth-order valence-electron chi connectivity index (χ4n) is 3.61. The number of ether oxygens (including phenoxy) is 2. The summed E-state index contributed by atoms with van der Waals surface area (Å²) in [5.41, 5.74) is 0.450. The molecule has 1 aromatic heterocycles. The van der Waals surface area contributed by atoms with Crippen molar-refractivity contribution in [2.75, 3.05) is 20.2 Å². The lowest BCUT2D eigenvalue weighted by Gasteiger charge is -2.37. The predicted molar refractivity (Wildman–Crippen MR) is 107 cm³/mol. The maximum Gasteiger partial charge on any atom is 0.410 e. The van der Waals surface area contributed by atoms with Gasteiger partial charge in [-0.25, -0.2) is 9.78 Å². The van der Waals surface area contributed by atoms with E-state index in [0.29, 0.717) is 24.9 Å². The summed E-state index contributed by atoms with van der Waals surface area (Å²) in [7, 11) is 1.64. The van der Waals surface area contributed by atoms with Crippen molar-refractivity contribution in [1.29, 1.82) is 0 Å². The van der Waals surface area contributed by atoms with Crippen molar-refractivity contribution in [3.8, 4) is 17.1 Å². The highest BCUT2D eigenvalue weighted by molar-refractivity contribution is 5.68. The third-order valence-corrected chi connectivity index (χ3v) is 5.15. The van der Waals surface area contributed by atoms with Gasteiger partial charge < -0.3 is 18.8 Å². The van der Waals surface area contributed by atoms with Crippen LogP contribution < -0.4 is 4.74 Å². The molecule has 0 aliphatic carbocycles. The van der Waals surface area contributed by atoms with Crippen LogP contribution in [0.1, 0.15) is 52.3 Å². The molecule has 1 aromatic carbocycles. The first-order valence-corrected chi connectivity index (χ1v) is 9.88. The molecule has 1 saturated heterocycles. The Bertz CT molecular complexity index is 792. The molecule has 2 atom stereocenters. The topological polar surface area (TPSA) is 64.8 Å². The minimum atomic E-state index is -0.501. The van der Waals surface area contributed by atoms with Gasteiger partial charge in [0.15, 0.2) is 11.7 Å². The highest BCUT2D eigenvalue weighted by Gasteiger charge is 2.36. The monoisotopic (exact) mass is 386 g/mol.